The number of carbonyl (C=O) groups excluding carboxylic acids is 2. The molecule has 1 aliphatic heterocycles. The number of benzene rings is 2. The summed E-state index contributed by atoms with van der Waals surface area (Å²) in [7, 11) is 0. The Morgan fingerprint density at radius 1 is 0.600 bits per heavy atom. The summed E-state index contributed by atoms with van der Waals surface area (Å²) in [6.45, 7) is 0. The lowest BCUT2D eigenvalue weighted by atomic mass is 9.98. The molecule has 0 bridgehead atoms. The van der Waals surface area contributed by atoms with Crippen molar-refractivity contribution in [2.75, 3.05) is 0 Å². The van der Waals surface area contributed by atoms with E-state index in [1.165, 1.54) is 0 Å². The number of hydrogen-bond acceptors (Lipinski definition) is 2. The summed E-state index contributed by atoms with van der Waals surface area (Å²) in [4.78, 5) is 24.4. The van der Waals surface area contributed by atoms with Crippen molar-refractivity contribution < 1.29 is 9.59 Å². The maximum atomic E-state index is 12.2. The molecule has 20 heavy (non-hydrogen) atoms. The molecule has 0 radical (unpaired) electrons. The van der Waals surface area contributed by atoms with Gasteiger partial charge >= 0.3 is 0 Å². The van der Waals surface area contributed by atoms with Gasteiger partial charge in [0, 0.05) is 0 Å². The van der Waals surface area contributed by atoms with E-state index in [-0.39, 0.29) is 11.8 Å². The summed E-state index contributed by atoms with van der Waals surface area (Å²) >= 11 is 0. The molecule has 4 heteroatoms. The number of piperazine rings is 1. The third-order valence-corrected chi connectivity index (χ3v) is 3.36. The molecule has 0 spiro atoms. The summed E-state index contributed by atoms with van der Waals surface area (Å²) < 4.78 is 0. The lowest BCUT2D eigenvalue weighted by Crippen LogP contribution is -2.52. The van der Waals surface area contributed by atoms with Gasteiger partial charge in [0.1, 0.15) is 12.1 Å². The molecule has 1 aliphatic rings. The predicted molar refractivity (Wildman–Crippen MR) is 74.7 cm³/mol. The van der Waals surface area contributed by atoms with Gasteiger partial charge in [0.25, 0.3) is 0 Å². The molecular weight excluding hydrogens is 252 g/mol. The van der Waals surface area contributed by atoms with Gasteiger partial charge in [-0.25, -0.2) is 0 Å². The minimum absolute atomic E-state index is 0.190. The monoisotopic (exact) mass is 266 g/mol. The normalized spacial score (nSPS) is 22.0. The average molecular weight is 266 g/mol. The highest BCUT2D eigenvalue weighted by Crippen LogP contribution is 2.22. The highest BCUT2D eigenvalue weighted by atomic mass is 16.2. The van der Waals surface area contributed by atoms with Crippen molar-refractivity contribution >= 4 is 11.8 Å². The van der Waals surface area contributed by atoms with Crippen LogP contribution in [0.1, 0.15) is 23.2 Å². The molecule has 0 aliphatic carbocycles. The van der Waals surface area contributed by atoms with E-state index in [1.807, 2.05) is 60.7 Å². The van der Waals surface area contributed by atoms with Crippen LogP contribution in [0.4, 0.5) is 0 Å². The molecule has 1 saturated heterocycles. The molecule has 0 aromatic heterocycles. The van der Waals surface area contributed by atoms with Gasteiger partial charge in [-0.15, -0.1) is 0 Å². The first-order valence-corrected chi connectivity index (χ1v) is 6.46. The molecule has 2 atom stereocenters. The van der Waals surface area contributed by atoms with Crippen molar-refractivity contribution in [2.24, 2.45) is 0 Å². The quantitative estimate of drug-likeness (QED) is 0.869. The van der Waals surface area contributed by atoms with E-state index < -0.39 is 12.1 Å². The lowest BCUT2D eigenvalue weighted by Gasteiger charge is -2.30. The van der Waals surface area contributed by atoms with Crippen LogP contribution in [0, 0.1) is 0 Å². The van der Waals surface area contributed by atoms with Gasteiger partial charge in [0.2, 0.25) is 11.8 Å². The van der Waals surface area contributed by atoms with Gasteiger partial charge in [-0.05, 0) is 11.1 Å². The van der Waals surface area contributed by atoms with Gasteiger partial charge in [-0.1, -0.05) is 60.7 Å². The molecule has 1 fully saturated rings. The number of amides is 2. The number of nitrogens with one attached hydrogen (secondary N) is 2. The fraction of sp³-hybridized carbons (Fsp3) is 0.125. The van der Waals surface area contributed by atoms with Crippen LogP contribution in [0.2, 0.25) is 0 Å². The molecule has 0 saturated carbocycles. The van der Waals surface area contributed by atoms with Gasteiger partial charge in [-0.2, -0.15) is 0 Å². The lowest BCUT2D eigenvalue weighted by molar-refractivity contribution is -0.137. The Labute approximate surface area is 116 Å². The highest BCUT2D eigenvalue weighted by Gasteiger charge is 2.35. The minimum atomic E-state index is -0.622. The molecular formula is C16H14N2O2. The summed E-state index contributed by atoms with van der Waals surface area (Å²) in [6.07, 6.45) is 0. The summed E-state index contributed by atoms with van der Waals surface area (Å²) in [5.41, 5.74) is 1.56. The second-order valence-corrected chi connectivity index (χ2v) is 4.70. The fourth-order valence-electron chi connectivity index (χ4n) is 2.34. The van der Waals surface area contributed by atoms with Crippen LogP contribution in [-0.2, 0) is 9.59 Å². The Morgan fingerprint density at radius 3 is 1.30 bits per heavy atom. The van der Waals surface area contributed by atoms with Crippen molar-refractivity contribution in [3.63, 3.8) is 0 Å². The zero-order valence-corrected chi connectivity index (χ0v) is 10.7. The van der Waals surface area contributed by atoms with Gasteiger partial charge < -0.3 is 10.6 Å². The number of carbonyl (C=O) groups is 2. The zero-order chi connectivity index (χ0) is 13.9. The molecule has 2 amide bonds. The van der Waals surface area contributed by atoms with E-state index in [0.29, 0.717) is 0 Å². The first-order chi connectivity index (χ1) is 9.75. The van der Waals surface area contributed by atoms with Gasteiger partial charge in [0.15, 0.2) is 0 Å². The first kappa shape index (κ1) is 12.4. The maximum absolute atomic E-state index is 12.2. The molecule has 2 N–H and O–H groups in total. The smallest absolute Gasteiger partial charge is 0.248 e. The van der Waals surface area contributed by atoms with Crippen molar-refractivity contribution in [3.8, 4) is 0 Å². The van der Waals surface area contributed by atoms with Gasteiger partial charge in [-0.3, -0.25) is 9.59 Å². The second kappa shape index (κ2) is 5.17. The third kappa shape index (κ3) is 2.28. The van der Waals surface area contributed by atoms with Gasteiger partial charge in [0.05, 0.1) is 0 Å². The SMILES string of the molecule is O=C1N[C@H](c2ccccc2)C(=O)N[C@@H]1c1ccccc1. The Hall–Kier alpha value is -2.62. The van der Waals surface area contributed by atoms with Crippen LogP contribution in [0.3, 0.4) is 0 Å². The van der Waals surface area contributed by atoms with Crippen molar-refractivity contribution in [1.29, 1.82) is 0 Å². The molecule has 2 aromatic rings. The topological polar surface area (TPSA) is 58.2 Å². The Bertz CT molecular complexity index is 568. The summed E-state index contributed by atoms with van der Waals surface area (Å²) in [6, 6.07) is 17.2. The van der Waals surface area contributed by atoms with Crippen molar-refractivity contribution in [2.45, 2.75) is 12.1 Å². The molecule has 100 valence electrons. The second-order valence-electron chi connectivity index (χ2n) is 4.70. The van der Waals surface area contributed by atoms with E-state index in [4.69, 9.17) is 0 Å². The van der Waals surface area contributed by atoms with E-state index in [0.717, 1.165) is 11.1 Å². The molecule has 4 nitrogen and oxygen atoms in total. The van der Waals surface area contributed by atoms with Crippen LogP contribution >= 0.6 is 0 Å². The van der Waals surface area contributed by atoms with Crippen LogP contribution in [0.25, 0.3) is 0 Å². The predicted octanol–water partition coefficient (Wildman–Crippen LogP) is 1.71. The Morgan fingerprint density at radius 2 is 0.950 bits per heavy atom. The van der Waals surface area contributed by atoms with E-state index in [2.05, 4.69) is 10.6 Å². The Balaban J connectivity index is 1.84. The third-order valence-electron chi connectivity index (χ3n) is 3.36. The number of hydrogen-bond donors (Lipinski definition) is 2. The van der Waals surface area contributed by atoms with Crippen LogP contribution < -0.4 is 10.6 Å². The van der Waals surface area contributed by atoms with E-state index >= 15 is 0 Å². The van der Waals surface area contributed by atoms with Crippen LogP contribution in [0.5, 0.6) is 0 Å². The first-order valence-electron chi connectivity index (χ1n) is 6.46. The van der Waals surface area contributed by atoms with Crippen molar-refractivity contribution in [1.82, 2.24) is 10.6 Å². The van der Waals surface area contributed by atoms with E-state index in [9.17, 15) is 9.59 Å². The number of rotatable bonds is 2. The standard InChI is InChI=1S/C16H14N2O2/c19-15-13(11-7-3-1-4-8-11)17-16(20)14(18-15)12-9-5-2-6-10-12/h1-10,13-14H,(H,17,20)(H,18,19)/t13-,14-/m1/s1. The van der Waals surface area contributed by atoms with Crippen molar-refractivity contribution in [3.05, 3.63) is 71.8 Å². The average Bonchev–Trinajstić information content (AvgIpc) is 2.51. The maximum Gasteiger partial charge on any atom is 0.248 e. The van der Waals surface area contributed by atoms with Crippen LogP contribution in [-0.4, -0.2) is 11.8 Å². The molecule has 3 rings (SSSR count). The minimum Gasteiger partial charge on any atom is -0.338 e. The molecule has 0 unspecified atom stereocenters. The highest BCUT2D eigenvalue weighted by molar-refractivity contribution is 5.98. The fourth-order valence-corrected chi connectivity index (χ4v) is 2.34. The molecule has 2 aromatic carbocycles. The summed E-state index contributed by atoms with van der Waals surface area (Å²) in [5.74, 6) is -0.380. The zero-order valence-electron chi connectivity index (χ0n) is 10.7. The Kier molecular flexibility index (Phi) is 3.21. The van der Waals surface area contributed by atoms with E-state index in [1.54, 1.807) is 0 Å². The van der Waals surface area contributed by atoms with Crippen LogP contribution in [0.15, 0.2) is 60.7 Å². The molecule has 1 heterocycles. The summed E-state index contributed by atoms with van der Waals surface area (Å²) in [5, 5.41) is 5.56. The largest absolute Gasteiger partial charge is 0.338 e.